The molecule has 13 heteroatoms. The van der Waals surface area contributed by atoms with E-state index in [-0.39, 0.29) is 35.0 Å². The fourth-order valence-corrected chi connectivity index (χ4v) is 2.56. The second-order valence-corrected chi connectivity index (χ2v) is 6.59. The Bertz CT molecular complexity index is 1150. The van der Waals surface area contributed by atoms with E-state index in [2.05, 4.69) is 20.1 Å². The van der Waals surface area contributed by atoms with E-state index in [4.69, 9.17) is 15.4 Å². The van der Waals surface area contributed by atoms with Crippen LogP contribution < -0.4 is 11.1 Å². The first-order chi connectivity index (χ1) is 15.7. The third-order valence-electron chi connectivity index (χ3n) is 4.26. The lowest BCUT2D eigenvalue weighted by Crippen LogP contribution is -2.39. The van der Waals surface area contributed by atoms with Gasteiger partial charge in [0.2, 0.25) is 0 Å². The van der Waals surface area contributed by atoms with E-state index in [0.717, 1.165) is 0 Å². The molecule has 1 unspecified atom stereocenters. The number of allylic oxidation sites excluding steroid dienone is 1. The van der Waals surface area contributed by atoms with Gasteiger partial charge in [0.25, 0.3) is 0 Å². The third kappa shape index (κ3) is 6.10. The normalized spacial score (nSPS) is 13.8. The summed E-state index contributed by atoms with van der Waals surface area (Å²) >= 11 is 0. The van der Waals surface area contributed by atoms with Crippen LogP contribution in [-0.4, -0.2) is 44.8 Å². The number of nitrogens with zero attached hydrogens (tertiary/aromatic N) is 4. The number of rotatable bonds is 8. The van der Waals surface area contributed by atoms with Crippen LogP contribution in [-0.2, 0) is 6.54 Å². The molecule has 0 spiro atoms. The summed E-state index contributed by atoms with van der Waals surface area (Å²) in [5.74, 6) is -2.78. The van der Waals surface area contributed by atoms with Crippen molar-refractivity contribution in [2.45, 2.75) is 18.8 Å². The van der Waals surface area contributed by atoms with Gasteiger partial charge in [-0.05, 0) is 12.1 Å². The van der Waals surface area contributed by atoms with E-state index >= 15 is 0 Å². The minimum atomic E-state index is -4.85. The molecular weight excluding hydrogens is 451 g/mol. The van der Waals surface area contributed by atoms with E-state index in [1.807, 2.05) is 0 Å². The first-order valence-electron chi connectivity index (χ1n) is 9.32. The van der Waals surface area contributed by atoms with Crippen LogP contribution in [0.3, 0.4) is 0 Å². The number of nitrogens with one attached hydrogen (secondary N) is 1. The minimum Gasteiger partial charge on any atom is -0.396 e. The Kier molecular flexibility index (Phi) is 7.33. The van der Waals surface area contributed by atoms with Gasteiger partial charge in [0.15, 0.2) is 17.5 Å². The lowest BCUT2D eigenvalue weighted by Gasteiger charge is -2.20. The number of alkyl halides is 3. The average Bonchev–Trinajstić information content (AvgIpc) is 3.30. The van der Waals surface area contributed by atoms with Gasteiger partial charge < -0.3 is 20.7 Å². The second-order valence-electron chi connectivity index (χ2n) is 6.59. The maximum Gasteiger partial charge on any atom is 0.410 e. The molecule has 3 rings (SSSR count). The molecule has 3 aromatic rings. The van der Waals surface area contributed by atoms with Gasteiger partial charge in [-0.25, -0.2) is 18.7 Å². The molecule has 0 aliphatic heterocycles. The lowest BCUT2D eigenvalue weighted by atomic mass is 10.2. The topological polar surface area (TPSA) is 122 Å². The summed E-state index contributed by atoms with van der Waals surface area (Å²) in [6.45, 7) is -1.42. The Morgan fingerprint density at radius 2 is 1.97 bits per heavy atom. The van der Waals surface area contributed by atoms with Gasteiger partial charge in [-0.1, -0.05) is 23.4 Å². The molecule has 2 aromatic heterocycles. The smallest absolute Gasteiger partial charge is 0.396 e. The van der Waals surface area contributed by atoms with Crippen molar-refractivity contribution < 1.29 is 31.6 Å². The Labute approximate surface area is 183 Å². The molecule has 0 aliphatic rings. The molecule has 4 N–H and O–H groups in total. The highest BCUT2D eigenvalue weighted by Gasteiger charge is 2.40. The number of benzene rings is 1. The standard InChI is InChI=1S/C20H17F5N6O2/c21-12-4-2-1-3-11(12)8-27-16(15-5-6-33-31-15)7-14(26)19-28-9-13(22)18(30-19)29-17(10-32)20(23,24)25/h1-7,9,17,32H,8,10,26H2,(H,28,29,30). The van der Waals surface area contributed by atoms with Crippen LogP contribution in [0.15, 0.2) is 58.4 Å². The fourth-order valence-electron chi connectivity index (χ4n) is 2.56. The first-order valence-corrected chi connectivity index (χ1v) is 9.32. The van der Waals surface area contributed by atoms with Crippen LogP contribution in [0, 0.1) is 11.6 Å². The average molecular weight is 468 g/mol. The van der Waals surface area contributed by atoms with Crippen molar-refractivity contribution >= 4 is 17.2 Å². The fraction of sp³-hybridized carbons (Fsp3) is 0.200. The molecule has 8 nitrogen and oxygen atoms in total. The molecule has 0 saturated carbocycles. The molecule has 33 heavy (non-hydrogen) atoms. The molecular formula is C20H17F5N6O2. The highest BCUT2D eigenvalue weighted by molar-refractivity contribution is 6.10. The van der Waals surface area contributed by atoms with Crippen LogP contribution in [0.4, 0.5) is 27.8 Å². The summed E-state index contributed by atoms with van der Waals surface area (Å²) in [7, 11) is 0. The Hall–Kier alpha value is -3.87. The summed E-state index contributed by atoms with van der Waals surface area (Å²) in [4.78, 5) is 11.6. The molecule has 0 amide bonds. The molecule has 1 atom stereocenters. The van der Waals surface area contributed by atoms with Gasteiger partial charge in [0, 0.05) is 11.6 Å². The number of aliphatic hydroxyl groups is 1. The minimum absolute atomic E-state index is 0.0838. The summed E-state index contributed by atoms with van der Waals surface area (Å²) in [6, 6.07) is 4.97. The van der Waals surface area contributed by atoms with Crippen molar-refractivity contribution in [2.75, 3.05) is 11.9 Å². The maximum atomic E-state index is 14.0. The van der Waals surface area contributed by atoms with E-state index in [1.165, 1.54) is 36.6 Å². The number of aliphatic hydroxyl groups excluding tert-OH is 1. The number of anilines is 1. The van der Waals surface area contributed by atoms with Gasteiger partial charge in [-0.2, -0.15) is 13.2 Å². The quantitative estimate of drug-likeness (QED) is 0.343. The summed E-state index contributed by atoms with van der Waals surface area (Å²) < 4.78 is 71.4. The van der Waals surface area contributed by atoms with Crippen LogP contribution in [0.2, 0.25) is 0 Å². The zero-order valence-corrected chi connectivity index (χ0v) is 16.7. The zero-order valence-electron chi connectivity index (χ0n) is 16.7. The van der Waals surface area contributed by atoms with Crippen LogP contribution >= 0.6 is 0 Å². The highest BCUT2D eigenvalue weighted by atomic mass is 19.4. The highest BCUT2D eigenvalue weighted by Crippen LogP contribution is 2.24. The maximum absolute atomic E-state index is 14.0. The Morgan fingerprint density at radius 1 is 1.21 bits per heavy atom. The predicted octanol–water partition coefficient (Wildman–Crippen LogP) is 3.07. The van der Waals surface area contributed by atoms with Crippen molar-refractivity contribution in [1.82, 2.24) is 15.1 Å². The summed E-state index contributed by atoms with van der Waals surface area (Å²) in [5, 5.41) is 14.5. The van der Waals surface area contributed by atoms with Crippen LogP contribution in [0.5, 0.6) is 0 Å². The number of aromatic nitrogens is 3. The van der Waals surface area contributed by atoms with Crippen LogP contribution in [0.1, 0.15) is 17.1 Å². The first kappa shape index (κ1) is 23.8. The monoisotopic (exact) mass is 468 g/mol. The number of aliphatic imine (C=N–C) groups is 1. The molecule has 0 aliphatic carbocycles. The van der Waals surface area contributed by atoms with Crippen molar-refractivity contribution in [1.29, 1.82) is 0 Å². The number of hydrogen-bond acceptors (Lipinski definition) is 8. The van der Waals surface area contributed by atoms with Crippen molar-refractivity contribution in [3.63, 3.8) is 0 Å². The van der Waals surface area contributed by atoms with Crippen molar-refractivity contribution in [2.24, 2.45) is 10.7 Å². The van der Waals surface area contributed by atoms with E-state index in [1.54, 1.807) is 11.4 Å². The molecule has 2 heterocycles. The predicted molar refractivity (Wildman–Crippen MR) is 108 cm³/mol. The van der Waals surface area contributed by atoms with Crippen LogP contribution in [0.25, 0.3) is 5.70 Å². The van der Waals surface area contributed by atoms with Gasteiger partial charge in [-0.15, -0.1) is 0 Å². The van der Waals surface area contributed by atoms with Gasteiger partial charge in [-0.3, -0.25) is 4.99 Å². The zero-order chi connectivity index (χ0) is 24.0. The third-order valence-corrected chi connectivity index (χ3v) is 4.26. The van der Waals surface area contributed by atoms with E-state index in [9.17, 15) is 22.0 Å². The molecule has 0 bridgehead atoms. The van der Waals surface area contributed by atoms with E-state index in [0.29, 0.717) is 6.20 Å². The van der Waals surface area contributed by atoms with Crippen molar-refractivity contribution in [3.05, 3.63) is 77.6 Å². The molecule has 0 saturated heterocycles. The lowest BCUT2D eigenvalue weighted by molar-refractivity contribution is -0.149. The second kappa shape index (κ2) is 10.2. The Balaban J connectivity index is 1.93. The van der Waals surface area contributed by atoms with Gasteiger partial charge >= 0.3 is 6.18 Å². The summed E-state index contributed by atoms with van der Waals surface area (Å²) in [5.41, 5.74) is 6.43. The molecule has 1 aromatic carbocycles. The largest absolute Gasteiger partial charge is 0.410 e. The molecule has 0 fully saturated rings. The number of halogens is 5. The SMILES string of the molecule is NC(=CC(=NCc1ccccc1F)c1ccon1)c1ncc(F)c(NC(CO)C(F)(F)F)n1. The van der Waals surface area contributed by atoms with Crippen molar-refractivity contribution in [3.8, 4) is 0 Å². The van der Waals surface area contributed by atoms with E-state index < -0.39 is 36.3 Å². The Morgan fingerprint density at radius 3 is 2.61 bits per heavy atom. The number of nitrogens with two attached hydrogens (primary N) is 1. The van der Waals surface area contributed by atoms with Gasteiger partial charge in [0.1, 0.15) is 23.8 Å². The summed E-state index contributed by atoms with van der Waals surface area (Å²) in [6.07, 6.45) is -1.72. The number of hydrogen-bond donors (Lipinski definition) is 3. The van der Waals surface area contributed by atoms with Gasteiger partial charge in [0.05, 0.1) is 30.8 Å². The molecule has 174 valence electrons. The molecule has 0 radical (unpaired) electrons.